The molecule has 21 heavy (non-hydrogen) atoms. The fraction of sp³-hybridized carbons (Fsp3) is 0.875. The molecule has 1 aliphatic carbocycles. The predicted molar refractivity (Wildman–Crippen MR) is 81.2 cm³/mol. The number of carbonyl (C=O) groups excluding carboxylic acids is 1. The van der Waals surface area contributed by atoms with Gasteiger partial charge < -0.3 is 14.9 Å². The van der Waals surface area contributed by atoms with Gasteiger partial charge in [0.2, 0.25) is 0 Å². The Balaban J connectivity index is 1.96. The van der Waals surface area contributed by atoms with E-state index >= 15 is 0 Å². The Labute approximate surface area is 127 Å². The third kappa shape index (κ3) is 3.69. The number of aliphatic carboxylic acids is 1. The SMILES string of the molecule is CCC(C)N(CC(=O)O)C(=O)N1CCC2(CCCC2)CC1. The molecule has 0 aromatic carbocycles. The van der Waals surface area contributed by atoms with Gasteiger partial charge in [-0.2, -0.15) is 0 Å². The van der Waals surface area contributed by atoms with Gasteiger partial charge in [0.05, 0.1) is 0 Å². The van der Waals surface area contributed by atoms with Crippen molar-refractivity contribution in [3.8, 4) is 0 Å². The minimum atomic E-state index is -0.937. The molecule has 0 aromatic heterocycles. The Morgan fingerprint density at radius 1 is 1.19 bits per heavy atom. The second kappa shape index (κ2) is 6.67. The van der Waals surface area contributed by atoms with Crippen molar-refractivity contribution < 1.29 is 14.7 Å². The summed E-state index contributed by atoms with van der Waals surface area (Å²) < 4.78 is 0. The number of carboxylic acids is 1. The van der Waals surface area contributed by atoms with Gasteiger partial charge in [-0.1, -0.05) is 19.8 Å². The molecule has 1 unspecified atom stereocenters. The van der Waals surface area contributed by atoms with Crippen molar-refractivity contribution in [1.29, 1.82) is 0 Å². The van der Waals surface area contributed by atoms with Crippen molar-refractivity contribution in [3.05, 3.63) is 0 Å². The molecular formula is C16H28N2O3. The maximum atomic E-state index is 12.6. The number of hydrogen-bond acceptors (Lipinski definition) is 2. The fourth-order valence-corrected chi connectivity index (χ4v) is 3.76. The highest BCUT2D eigenvalue weighted by Gasteiger charge is 2.39. The molecular weight excluding hydrogens is 268 g/mol. The lowest BCUT2D eigenvalue weighted by Crippen LogP contribution is -2.52. The summed E-state index contributed by atoms with van der Waals surface area (Å²) >= 11 is 0. The molecule has 0 radical (unpaired) electrons. The van der Waals surface area contributed by atoms with E-state index in [9.17, 15) is 9.59 Å². The monoisotopic (exact) mass is 296 g/mol. The number of urea groups is 1. The van der Waals surface area contributed by atoms with Gasteiger partial charge in [-0.05, 0) is 44.4 Å². The number of likely N-dealkylation sites (tertiary alicyclic amines) is 1. The minimum absolute atomic E-state index is 0.0315. The van der Waals surface area contributed by atoms with Crippen molar-refractivity contribution in [2.24, 2.45) is 5.41 Å². The van der Waals surface area contributed by atoms with E-state index in [4.69, 9.17) is 5.11 Å². The molecule has 2 aliphatic rings. The average molecular weight is 296 g/mol. The van der Waals surface area contributed by atoms with Crippen LogP contribution in [0.15, 0.2) is 0 Å². The van der Waals surface area contributed by atoms with E-state index in [-0.39, 0.29) is 18.6 Å². The van der Waals surface area contributed by atoms with Crippen LogP contribution < -0.4 is 0 Å². The number of amides is 2. The molecule has 2 amide bonds. The van der Waals surface area contributed by atoms with Crippen LogP contribution in [0.25, 0.3) is 0 Å². The third-order valence-corrected chi connectivity index (χ3v) is 5.43. The van der Waals surface area contributed by atoms with Crippen LogP contribution in [0.1, 0.15) is 58.8 Å². The highest BCUT2D eigenvalue weighted by molar-refractivity contribution is 5.80. The summed E-state index contributed by atoms with van der Waals surface area (Å²) in [4.78, 5) is 27.0. The molecule has 1 spiro atoms. The Morgan fingerprint density at radius 2 is 1.76 bits per heavy atom. The summed E-state index contributed by atoms with van der Waals surface area (Å²) in [5.41, 5.74) is 0.477. The van der Waals surface area contributed by atoms with E-state index in [2.05, 4.69) is 0 Å². The van der Waals surface area contributed by atoms with Gasteiger partial charge in [0.25, 0.3) is 0 Å². The van der Waals surface area contributed by atoms with Crippen molar-refractivity contribution in [3.63, 3.8) is 0 Å². The van der Waals surface area contributed by atoms with Gasteiger partial charge in [-0.3, -0.25) is 4.79 Å². The zero-order valence-electron chi connectivity index (χ0n) is 13.3. The summed E-state index contributed by atoms with van der Waals surface area (Å²) in [6, 6.07) is -0.129. The maximum absolute atomic E-state index is 12.6. The summed E-state index contributed by atoms with van der Waals surface area (Å²) in [6.07, 6.45) is 8.20. The molecule has 5 heteroatoms. The summed E-state index contributed by atoms with van der Waals surface area (Å²) in [5, 5.41) is 9.03. The number of hydrogen-bond donors (Lipinski definition) is 1. The van der Waals surface area contributed by atoms with E-state index in [1.54, 1.807) is 0 Å². The maximum Gasteiger partial charge on any atom is 0.323 e. The number of carboxylic acid groups (broad SMARTS) is 1. The van der Waals surface area contributed by atoms with Crippen LogP contribution in [0.5, 0.6) is 0 Å². The van der Waals surface area contributed by atoms with Crippen LogP contribution in [-0.4, -0.2) is 52.6 Å². The molecule has 1 saturated heterocycles. The summed E-state index contributed by atoms with van der Waals surface area (Å²) in [7, 11) is 0. The minimum Gasteiger partial charge on any atom is -0.480 e. The van der Waals surface area contributed by atoms with Crippen LogP contribution in [0.3, 0.4) is 0 Å². The average Bonchev–Trinajstić information content (AvgIpc) is 2.92. The molecule has 1 heterocycles. The molecule has 0 bridgehead atoms. The normalized spacial score (nSPS) is 22.3. The molecule has 0 aromatic rings. The van der Waals surface area contributed by atoms with E-state index in [1.165, 1.54) is 30.6 Å². The van der Waals surface area contributed by atoms with E-state index in [1.807, 2.05) is 18.7 Å². The highest BCUT2D eigenvalue weighted by Crippen LogP contribution is 2.46. The number of piperidine rings is 1. The fourth-order valence-electron chi connectivity index (χ4n) is 3.76. The van der Waals surface area contributed by atoms with Gasteiger partial charge >= 0.3 is 12.0 Å². The summed E-state index contributed by atoms with van der Waals surface area (Å²) in [6.45, 7) is 5.27. The van der Waals surface area contributed by atoms with Crippen molar-refractivity contribution in [2.75, 3.05) is 19.6 Å². The molecule has 120 valence electrons. The number of rotatable bonds is 4. The predicted octanol–water partition coefficient (Wildman–Crippen LogP) is 2.95. The molecule has 2 rings (SSSR count). The third-order valence-electron chi connectivity index (χ3n) is 5.43. The molecule has 1 N–H and O–H groups in total. The zero-order valence-corrected chi connectivity index (χ0v) is 13.3. The lowest BCUT2D eigenvalue weighted by Gasteiger charge is -2.42. The van der Waals surface area contributed by atoms with E-state index < -0.39 is 5.97 Å². The Kier molecular flexibility index (Phi) is 5.12. The summed E-state index contributed by atoms with van der Waals surface area (Å²) in [5.74, 6) is -0.937. The molecule has 1 saturated carbocycles. The standard InChI is InChI=1S/C16H28N2O3/c1-3-13(2)18(12-14(19)20)15(21)17-10-8-16(9-11-17)6-4-5-7-16/h13H,3-12H2,1-2H3,(H,19,20). The second-order valence-electron chi connectivity index (χ2n) is 6.76. The van der Waals surface area contributed by atoms with Crippen LogP contribution in [-0.2, 0) is 4.79 Å². The first-order valence-electron chi connectivity index (χ1n) is 8.25. The Morgan fingerprint density at radius 3 is 2.24 bits per heavy atom. The van der Waals surface area contributed by atoms with Gasteiger partial charge in [-0.15, -0.1) is 0 Å². The Hall–Kier alpha value is -1.26. The topological polar surface area (TPSA) is 60.9 Å². The van der Waals surface area contributed by atoms with Crippen molar-refractivity contribution in [1.82, 2.24) is 9.80 Å². The van der Waals surface area contributed by atoms with Crippen LogP contribution in [0, 0.1) is 5.41 Å². The van der Waals surface area contributed by atoms with Crippen molar-refractivity contribution in [2.45, 2.75) is 64.8 Å². The largest absolute Gasteiger partial charge is 0.480 e. The van der Waals surface area contributed by atoms with E-state index in [0.717, 1.165) is 32.4 Å². The Bertz CT molecular complexity index is 381. The smallest absolute Gasteiger partial charge is 0.323 e. The quantitative estimate of drug-likeness (QED) is 0.867. The molecule has 5 nitrogen and oxygen atoms in total. The lowest BCUT2D eigenvalue weighted by atomic mass is 9.77. The number of nitrogens with zero attached hydrogens (tertiary/aromatic N) is 2. The second-order valence-corrected chi connectivity index (χ2v) is 6.76. The van der Waals surface area contributed by atoms with Crippen LogP contribution in [0.4, 0.5) is 4.79 Å². The molecule has 1 aliphatic heterocycles. The van der Waals surface area contributed by atoms with E-state index in [0.29, 0.717) is 5.41 Å². The zero-order chi connectivity index (χ0) is 15.5. The van der Waals surface area contributed by atoms with Gasteiger partial charge in [0, 0.05) is 19.1 Å². The lowest BCUT2D eigenvalue weighted by molar-refractivity contribution is -0.138. The number of carbonyl (C=O) groups is 2. The van der Waals surface area contributed by atoms with Crippen LogP contribution in [0.2, 0.25) is 0 Å². The first-order chi connectivity index (χ1) is 9.97. The van der Waals surface area contributed by atoms with Crippen molar-refractivity contribution >= 4 is 12.0 Å². The first kappa shape index (κ1) is 16.1. The van der Waals surface area contributed by atoms with Gasteiger partial charge in [-0.25, -0.2) is 4.79 Å². The van der Waals surface area contributed by atoms with Gasteiger partial charge in [0.15, 0.2) is 0 Å². The highest BCUT2D eigenvalue weighted by atomic mass is 16.4. The molecule has 1 atom stereocenters. The van der Waals surface area contributed by atoms with Crippen LogP contribution >= 0.6 is 0 Å². The molecule has 2 fully saturated rings. The first-order valence-corrected chi connectivity index (χ1v) is 8.25. The van der Waals surface area contributed by atoms with Gasteiger partial charge in [0.1, 0.15) is 6.54 Å².